The zero-order chi connectivity index (χ0) is 14.8. The maximum Gasteiger partial charge on any atom is 0.241 e. The quantitative estimate of drug-likeness (QED) is 0.708. The van der Waals surface area contributed by atoms with Crippen LogP contribution in [0.1, 0.15) is 19.5 Å². The van der Waals surface area contributed by atoms with Gasteiger partial charge in [-0.05, 0) is 29.9 Å². The Bertz CT molecular complexity index is 731. The van der Waals surface area contributed by atoms with Crippen molar-refractivity contribution in [3.8, 4) is 16.5 Å². The third-order valence-electron chi connectivity index (χ3n) is 3.26. The lowest BCUT2D eigenvalue weighted by atomic mass is 10.1. The van der Waals surface area contributed by atoms with Gasteiger partial charge in [0.15, 0.2) is 0 Å². The van der Waals surface area contributed by atoms with Gasteiger partial charge >= 0.3 is 0 Å². The van der Waals surface area contributed by atoms with E-state index in [0.29, 0.717) is 11.8 Å². The first kappa shape index (κ1) is 14.0. The monoisotopic (exact) mass is 298 g/mol. The molecule has 0 aliphatic rings. The number of hydrogen-bond acceptors (Lipinski definition) is 4. The van der Waals surface area contributed by atoms with Crippen molar-refractivity contribution in [3.05, 3.63) is 42.2 Å². The molecule has 0 N–H and O–H groups in total. The first-order chi connectivity index (χ1) is 10.2. The third-order valence-corrected chi connectivity index (χ3v) is 4.38. The Labute approximate surface area is 128 Å². The normalized spacial score (nSPS) is 11.2. The molecule has 4 heteroatoms. The Morgan fingerprint density at radius 2 is 2.05 bits per heavy atom. The molecule has 3 aromatic rings. The molecule has 1 aromatic carbocycles. The summed E-state index contributed by atoms with van der Waals surface area (Å²) < 4.78 is 6.70. The minimum absolute atomic E-state index is 0.555. The zero-order valence-corrected chi connectivity index (χ0v) is 13.3. The number of benzene rings is 1. The number of thiophene rings is 1. The van der Waals surface area contributed by atoms with Gasteiger partial charge in [0, 0.05) is 10.9 Å². The highest BCUT2D eigenvalue weighted by Crippen LogP contribution is 2.36. The standard InChI is InChI=1S/C17H18N2OS/c1-11(2)8-13-10-18-16(17(19-13)20-3)15-9-12-6-4-5-7-14(12)21-15/h4-7,9-11H,8H2,1-3H3. The van der Waals surface area contributed by atoms with E-state index in [-0.39, 0.29) is 0 Å². The van der Waals surface area contributed by atoms with E-state index in [4.69, 9.17) is 4.74 Å². The van der Waals surface area contributed by atoms with Crippen molar-refractivity contribution in [1.82, 2.24) is 9.97 Å². The predicted molar refractivity (Wildman–Crippen MR) is 87.9 cm³/mol. The van der Waals surface area contributed by atoms with Crippen LogP contribution in [-0.4, -0.2) is 17.1 Å². The van der Waals surface area contributed by atoms with Gasteiger partial charge in [0.25, 0.3) is 0 Å². The minimum atomic E-state index is 0.555. The second kappa shape index (κ2) is 5.82. The first-order valence-corrected chi connectivity index (χ1v) is 7.88. The Morgan fingerprint density at radius 3 is 2.76 bits per heavy atom. The van der Waals surface area contributed by atoms with Gasteiger partial charge in [-0.2, -0.15) is 0 Å². The van der Waals surface area contributed by atoms with E-state index in [9.17, 15) is 0 Å². The summed E-state index contributed by atoms with van der Waals surface area (Å²) in [5.74, 6) is 1.17. The van der Waals surface area contributed by atoms with Crippen molar-refractivity contribution >= 4 is 21.4 Å². The fraction of sp³-hybridized carbons (Fsp3) is 0.294. The van der Waals surface area contributed by atoms with Crippen molar-refractivity contribution in [2.45, 2.75) is 20.3 Å². The number of aromatic nitrogens is 2. The molecular formula is C17H18N2OS. The lowest BCUT2D eigenvalue weighted by Crippen LogP contribution is -2.02. The predicted octanol–water partition coefficient (Wildman–Crippen LogP) is 4.57. The summed E-state index contributed by atoms with van der Waals surface area (Å²) in [7, 11) is 1.65. The maximum absolute atomic E-state index is 5.45. The summed E-state index contributed by atoms with van der Waals surface area (Å²) in [5.41, 5.74) is 1.80. The van der Waals surface area contributed by atoms with Gasteiger partial charge in [-0.3, -0.25) is 0 Å². The molecule has 2 heterocycles. The van der Waals surface area contributed by atoms with Crippen LogP contribution in [-0.2, 0) is 6.42 Å². The Kier molecular flexibility index (Phi) is 3.88. The molecule has 0 spiro atoms. The summed E-state index contributed by atoms with van der Waals surface area (Å²) in [5, 5.41) is 1.23. The van der Waals surface area contributed by atoms with E-state index in [1.54, 1.807) is 18.4 Å². The van der Waals surface area contributed by atoms with Crippen molar-refractivity contribution < 1.29 is 4.74 Å². The van der Waals surface area contributed by atoms with Gasteiger partial charge in [0.05, 0.1) is 17.7 Å². The van der Waals surface area contributed by atoms with Gasteiger partial charge < -0.3 is 4.74 Å². The lowest BCUT2D eigenvalue weighted by Gasteiger charge is -2.08. The molecule has 0 saturated heterocycles. The van der Waals surface area contributed by atoms with Crippen LogP contribution in [0.4, 0.5) is 0 Å². The van der Waals surface area contributed by atoms with Crippen molar-refractivity contribution in [1.29, 1.82) is 0 Å². The van der Waals surface area contributed by atoms with Gasteiger partial charge in [-0.1, -0.05) is 32.0 Å². The molecular weight excluding hydrogens is 280 g/mol. The van der Waals surface area contributed by atoms with E-state index >= 15 is 0 Å². The molecule has 21 heavy (non-hydrogen) atoms. The molecule has 0 aliphatic heterocycles. The number of hydrogen-bond donors (Lipinski definition) is 0. The average Bonchev–Trinajstić information content (AvgIpc) is 2.90. The molecule has 0 unspecified atom stereocenters. The van der Waals surface area contributed by atoms with Crippen LogP contribution in [0.2, 0.25) is 0 Å². The fourth-order valence-corrected chi connectivity index (χ4v) is 3.38. The summed E-state index contributed by atoms with van der Waals surface area (Å²) in [6, 6.07) is 10.5. The van der Waals surface area contributed by atoms with E-state index in [0.717, 1.165) is 22.7 Å². The van der Waals surface area contributed by atoms with Crippen LogP contribution in [0.5, 0.6) is 5.88 Å². The molecule has 3 rings (SSSR count). The highest BCUT2D eigenvalue weighted by Gasteiger charge is 2.14. The Balaban J connectivity index is 2.04. The number of fused-ring (bicyclic) bond motifs is 1. The van der Waals surface area contributed by atoms with Crippen LogP contribution >= 0.6 is 11.3 Å². The van der Waals surface area contributed by atoms with Gasteiger partial charge in [0.2, 0.25) is 5.88 Å². The Hall–Kier alpha value is -1.94. The molecule has 0 amide bonds. The van der Waals surface area contributed by atoms with Crippen LogP contribution in [0.25, 0.3) is 20.7 Å². The summed E-state index contributed by atoms with van der Waals surface area (Å²) in [6.07, 6.45) is 2.78. The third kappa shape index (κ3) is 2.90. The SMILES string of the molecule is COc1nc(CC(C)C)cnc1-c1cc2ccccc2s1. The Morgan fingerprint density at radius 1 is 1.24 bits per heavy atom. The van der Waals surface area contributed by atoms with E-state index < -0.39 is 0 Å². The highest BCUT2D eigenvalue weighted by atomic mass is 32.1. The molecule has 0 atom stereocenters. The zero-order valence-electron chi connectivity index (χ0n) is 12.5. The molecule has 0 saturated carbocycles. The minimum Gasteiger partial charge on any atom is -0.479 e. The van der Waals surface area contributed by atoms with Crippen LogP contribution in [0.3, 0.4) is 0 Å². The van der Waals surface area contributed by atoms with Crippen LogP contribution < -0.4 is 4.74 Å². The number of methoxy groups -OCH3 is 1. The molecule has 2 aromatic heterocycles. The molecule has 108 valence electrons. The summed E-state index contributed by atoms with van der Waals surface area (Å²) >= 11 is 1.72. The van der Waals surface area contributed by atoms with Crippen LogP contribution in [0.15, 0.2) is 36.5 Å². The van der Waals surface area contributed by atoms with Gasteiger partial charge in [-0.25, -0.2) is 9.97 Å². The van der Waals surface area contributed by atoms with E-state index in [2.05, 4.69) is 48.1 Å². The van der Waals surface area contributed by atoms with E-state index in [1.807, 2.05) is 12.3 Å². The number of ether oxygens (including phenoxy) is 1. The second-order valence-corrected chi connectivity index (χ2v) is 6.55. The van der Waals surface area contributed by atoms with Gasteiger partial charge in [-0.15, -0.1) is 11.3 Å². The summed E-state index contributed by atoms with van der Waals surface area (Å²) in [6.45, 7) is 4.35. The number of rotatable bonds is 4. The number of nitrogens with zero attached hydrogens (tertiary/aromatic N) is 2. The second-order valence-electron chi connectivity index (χ2n) is 5.47. The highest BCUT2D eigenvalue weighted by molar-refractivity contribution is 7.22. The summed E-state index contributed by atoms with van der Waals surface area (Å²) in [4.78, 5) is 10.3. The van der Waals surface area contributed by atoms with Crippen LogP contribution in [0, 0.1) is 5.92 Å². The van der Waals surface area contributed by atoms with Crippen molar-refractivity contribution in [2.75, 3.05) is 7.11 Å². The average molecular weight is 298 g/mol. The first-order valence-electron chi connectivity index (χ1n) is 7.06. The molecule has 0 radical (unpaired) electrons. The molecule has 0 bridgehead atoms. The smallest absolute Gasteiger partial charge is 0.241 e. The fourth-order valence-electron chi connectivity index (χ4n) is 2.33. The maximum atomic E-state index is 5.45. The molecule has 0 aliphatic carbocycles. The molecule has 0 fully saturated rings. The topological polar surface area (TPSA) is 35.0 Å². The van der Waals surface area contributed by atoms with E-state index in [1.165, 1.54) is 10.1 Å². The lowest BCUT2D eigenvalue weighted by molar-refractivity contribution is 0.395. The largest absolute Gasteiger partial charge is 0.479 e. The van der Waals surface area contributed by atoms with Gasteiger partial charge in [0.1, 0.15) is 5.69 Å². The van der Waals surface area contributed by atoms with Crippen molar-refractivity contribution in [2.24, 2.45) is 5.92 Å². The molecule has 3 nitrogen and oxygen atoms in total. The van der Waals surface area contributed by atoms with Crippen molar-refractivity contribution in [3.63, 3.8) is 0 Å².